The predicted molar refractivity (Wildman–Crippen MR) is 74.9 cm³/mol. The van der Waals surface area contributed by atoms with Crippen molar-refractivity contribution >= 4 is 11.8 Å². The van der Waals surface area contributed by atoms with Crippen LogP contribution in [0.4, 0.5) is 13.2 Å². The second-order valence-electron chi connectivity index (χ2n) is 6.77. The predicted octanol–water partition coefficient (Wildman–Crippen LogP) is 3.04. The molecule has 0 saturated heterocycles. The third-order valence-corrected chi connectivity index (χ3v) is 3.92. The molecule has 0 aromatic heterocycles. The standard InChI is InChI=1S/C16H15F3O5/c1-14(2,3)24-13(21)15(16(17,18)19)6-8-4-10-11(23-7-22-10)5-9(8)12(15)20/h4-5H,6-7H2,1-3H3/t15-/m1/s1. The number of carbonyl (C=O) groups excluding carboxylic acids is 2. The van der Waals surface area contributed by atoms with Crippen molar-refractivity contribution in [2.45, 2.75) is 39.0 Å². The maximum atomic E-state index is 13.8. The van der Waals surface area contributed by atoms with Crippen LogP contribution in [0.5, 0.6) is 11.5 Å². The van der Waals surface area contributed by atoms with Crippen LogP contribution >= 0.6 is 0 Å². The summed E-state index contributed by atoms with van der Waals surface area (Å²) in [6, 6.07) is 2.51. The first-order valence-corrected chi connectivity index (χ1v) is 7.23. The number of carbonyl (C=O) groups is 2. The molecule has 5 nitrogen and oxygen atoms in total. The van der Waals surface area contributed by atoms with Crippen LogP contribution < -0.4 is 9.47 Å². The molecule has 1 atom stereocenters. The fraction of sp³-hybridized carbons (Fsp3) is 0.500. The molecule has 130 valence electrons. The fourth-order valence-electron chi connectivity index (χ4n) is 2.81. The summed E-state index contributed by atoms with van der Waals surface area (Å²) in [6.07, 6.45) is -5.90. The zero-order chi connectivity index (χ0) is 17.9. The van der Waals surface area contributed by atoms with Gasteiger partial charge in [-0.25, -0.2) is 0 Å². The van der Waals surface area contributed by atoms with Crippen molar-refractivity contribution in [3.05, 3.63) is 23.3 Å². The Morgan fingerprint density at radius 3 is 2.29 bits per heavy atom. The van der Waals surface area contributed by atoms with E-state index >= 15 is 0 Å². The van der Waals surface area contributed by atoms with E-state index in [9.17, 15) is 22.8 Å². The van der Waals surface area contributed by atoms with Gasteiger partial charge in [0.25, 0.3) is 0 Å². The molecule has 0 spiro atoms. The first kappa shape index (κ1) is 16.6. The number of rotatable bonds is 1. The molecule has 0 unspecified atom stereocenters. The largest absolute Gasteiger partial charge is 0.459 e. The minimum Gasteiger partial charge on any atom is -0.459 e. The van der Waals surface area contributed by atoms with Crippen molar-refractivity contribution in [1.29, 1.82) is 0 Å². The summed E-state index contributed by atoms with van der Waals surface area (Å²) in [5, 5.41) is 0. The second kappa shape index (κ2) is 4.87. The van der Waals surface area contributed by atoms with Gasteiger partial charge in [-0.2, -0.15) is 13.2 Å². The molecule has 1 aliphatic carbocycles. The van der Waals surface area contributed by atoms with Gasteiger partial charge in [0.05, 0.1) is 0 Å². The summed E-state index contributed by atoms with van der Waals surface area (Å²) < 4.78 is 56.4. The van der Waals surface area contributed by atoms with Gasteiger partial charge in [-0.1, -0.05) is 0 Å². The molecule has 0 bridgehead atoms. The van der Waals surface area contributed by atoms with Crippen molar-refractivity contribution in [3.8, 4) is 11.5 Å². The van der Waals surface area contributed by atoms with Gasteiger partial charge in [-0.3, -0.25) is 9.59 Å². The van der Waals surface area contributed by atoms with E-state index in [2.05, 4.69) is 0 Å². The van der Waals surface area contributed by atoms with Crippen LogP contribution in [0.15, 0.2) is 12.1 Å². The minimum absolute atomic E-state index is 0.0666. The molecule has 24 heavy (non-hydrogen) atoms. The molecular weight excluding hydrogens is 329 g/mol. The Bertz CT molecular complexity index is 732. The first-order chi connectivity index (χ1) is 11.0. The number of esters is 1. The lowest BCUT2D eigenvalue weighted by molar-refractivity contribution is -0.223. The molecule has 0 fully saturated rings. The van der Waals surface area contributed by atoms with E-state index in [1.54, 1.807) is 0 Å². The highest BCUT2D eigenvalue weighted by molar-refractivity contribution is 6.17. The summed E-state index contributed by atoms with van der Waals surface area (Å²) >= 11 is 0. The molecule has 3 rings (SSSR count). The Balaban J connectivity index is 2.09. The summed E-state index contributed by atoms with van der Waals surface area (Å²) in [7, 11) is 0. The number of fused-ring (bicyclic) bond motifs is 2. The zero-order valence-corrected chi connectivity index (χ0v) is 13.2. The van der Waals surface area contributed by atoms with E-state index < -0.39 is 35.4 Å². The third-order valence-electron chi connectivity index (χ3n) is 3.92. The van der Waals surface area contributed by atoms with E-state index in [-0.39, 0.29) is 29.4 Å². The van der Waals surface area contributed by atoms with Gasteiger partial charge in [0.1, 0.15) is 5.60 Å². The highest BCUT2D eigenvalue weighted by atomic mass is 19.4. The van der Waals surface area contributed by atoms with Gasteiger partial charge in [0.15, 0.2) is 17.3 Å². The molecule has 0 N–H and O–H groups in total. The Morgan fingerprint density at radius 2 is 1.75 bits per heavy atom. The molecule has 0 amide bonds. The van der Waals surface area contributed by atoms with Crippen LogP contribution in [0.2, 0.25) is 0 Å². The molecule has 2 aliphatic rings. The number of hydrogen-bond acceptors (Lipinski definition) is 5. The molecule has 0 saturated carbocycles. The average Bonchev–Trinajstić information content (AvgIpc) is 2.96. The smallest absolute Gasteiger partial charge is 0.412 e. The maximum Gasteiger partial charge on any atom is 0.412 e. The summed E-state index contributed by atoms with van der Waals surface area (Å²) in [6.45, 7) is 4.26. The van der Waals surface area contributed by atoms with Crippen LogP contribution in [-0.2, 0) is 16.0 Å². The quantitative estimate of drug-likeness (QED) is 0.579. The van der Waals surface area contributed by atoms with Crippen molar-refractivity contribution in [3.63, 3.8) is 0 Å². The van der Waals surface area contributed by atoms with E-state index in [1.165, 1.54) is 32.9 Å². The lowest BCUT2D eigenvalue weighted by Crippen LogP contribution is -2.52. The van der Waals surface area contributed by atoms with Crippen molar-refractivity contribution < 1.29 is 37.0 Å². The van der Waals surface area contributed by atoms with Gasteiger partial charge in [-0.05, 0) is 38.5 Å². The number of hydrogen-bond donors (Lipinski definition) is 0. The molecule has 8 heteroatoms. The number of ketones is 1. The topological polar surface area (TPSA) is 61.8 Å². The van der Waals surface area contributed by atoms with Gasteiger partial charge < -0.3 is 14.2 Å². The van der Waals surface area contributed by atoms with Gasteiger partial charge in [0, 0.05) is 12.0 Å². The number of halogens is 3. The molecule has 1 aliphatic heterocycles. The van der Waals surface area contributed by atoms with Crippen LogP contribution in [0.25, 0.3) is 0 Å². The van der Waals surface area contributed by atoms with Crippen LogP contribution in [0.3, 0.4) is 0 Å². The van der Waals surface area contributed by atoms with Crippen molar-refractivity contribution in [2.24, 2.45) is 5.41 Å². The Kier molecular flexibility index (Phi) is 3.37. The minimum atomic E-state index is -5.09. The van der Waals surface area contributed by atoms with Crippen LogP contribution in [-0.4, -0.2) is 30.3 Å². The number of benzene rings is 1. The van der Waals surface area contributed by atoms with E-state index in [1.807, 2.05) is 0 Å². The number of ether oxygens (including phenoxy) is 3. The van der Waals surface area contributed by atoms with E-state index in [0.29, 0.717) is 0 Å². The highest BCUT2D eigenvalue weighted by Crippen LogP contribution is 2.52. The Morgan fingerprint density at radius 1 is 1.17 bits per heavy atom. The van der Waals surface area contributed by atoms with E-state index in [4.69, 9.17) is 14.2 Å². The summed E-state index contributed by atoms with van der Waals surface area (Å²) in [5.41, 5.74) is -4.49. The SMILES string of the molecule is CC(C)(C)OC(=O)[C@@]1(C(F)(F)F)Cc2cc3c(cc2C1=O)OCO3. The van der Waals surface area contributed by atoms with Gasteiger partial charge in [0.2, 0.25) is 12.2 Å². The normalized spacial score (nSPS) is 22.5. The zero-order valence-electron chi connectivity index (χ0n) is 13.2. The average molecular weight is 344 g/mol. The lowest BCUT2D eigenvalue weighted by Gasteiger charge is -2.31. The lowest BCUT2D eigenvalue weighted by atomic mass is 9.82. The Hall–Kier alpha value is -2.25. The van der Waals surface area contributed by atoms with Gasteiger partial charge in [-0.15, -0.1) is 0 Å². The van der Waals surface area contributed by atoms with Gasteiger partial charge >= 0.3 is 12.1 Å². The number of Topliss-reactive ketones (excluding diaryl/α,β-unsaturated/α-hetero) is 1. The maximum absolute atomic E-state index is 13.8. The van der Waals surface area contributed by atoms with Crippen molar-refractivity contribution in [1.82, 2.24) is 0 Å². The van der Waals surface area contributed by atoms with Crippen LogP contribution in [0.1, 0.15) is 36.7 Å². The summed E-state index contributed by atoms with van der Waals surface area (Å²) in [5.74, 6) is -2.48. The molecular formula is C16H15F3O5. The van der Waals surface area contributed by atoms with Crippen LogP contribution in [0, 0.1) is 5.41 Å². The summed E-state index contributed by atoms with van der Waals surface area (Å²) in [4.78, 5) is 24.9. The Labute approximate surface area is 135 Å². The molecule has 1 heterocycles. The van der Waals surface area contributed by atoms with Crippen molar-refractivity contribution in [2.75, 3.05) is 6.79 Å². The molecule has 1 aromatic carbocycles. The number of alkyl halides is 3. The molecule has 1 aromatic rings. The fourth-order valence-corrected chi connectivity index (χ4v) is 2.81. The molecule has 0 radical (unpaired) electrons. The third kappa shape index (κ3) is 2.32. The van der Waals surface area contributed by atoms with E-state index in [0.717, 1.165) is 0 Å². The monoisotopic (exact) mass is 344 g/mol. The second-order valence-corrected chi connectivity index (χ2v) is 6.77. The highest BCUT2D eigenvalue weighted by Gasteiger charge is 2.70. The first-order valence-electron chi connectivity index (χ1n) is 7.23.